The highest BCUT2D eigenvalue weighted by Gasteiger charge is 2.20. The zero-order chi connectivity index (χ0) is 19.0. The van der Waals surface area contributed by atoms with Gasteiger partial charge in [-0.15, -0.1) is 10.2 Å². The number of pyridine rings is 2. The summed E-state index contributed by atoms with van der Waals surface area (Å²) in [6, 6.07) is 12.9. The second-order valence-corrected chi connectivity index (χ2v) is 7.05. The van der Waals surface area contributed by atoms with Gasteiger partial charge in [-0.1, -0.05) is 6.07 Å². The summed E-state index contributed by atoms with van der Waals surface area (Å²) in [5.74, 6) is -0.333. The molecule has 2 aromatic heterocycles. The summed E-state index contributed by atoms with van der Waals surface area (Å²) in [7, 11) is -4.55. The molecule has 0 unspecified atom stereocenters. The maximum absolute atomic E-state index is 11.7. The van der Waals surface area contributed by atoms with Crippen LogP contribution < -0.4 is 0 Å². The SMILES string of the molecule is O=S(=O)(O)c1cc(/N=N/c2cccc3ncccc23)c(O)c2ncccc12. The Balaban J connectivity index is 1.92. The van der Waals surface area contributed by atoms with Crippen molar-refractivity contribution in [2.24, 2.45) is 10.2 Å². The molecule has 2 heterocycles. The van der Waals surface area contributed by atoms with Crippen molar-refractivity contribution < 1.29 is 18.1 Å². The van der Waals surface area contributed by atoms with Crippen LogP contribution in [-0.4, -0.2) is 28.0 Å². The molecule has 0 saturated carbocycles. The van der Waals surface area contributed by atoms with E-state index in [2.05, 4.69) is 20.2 Å². The lowest BCUT2D eigenvalue weighted by Gasteiger charge is -2.07. The van der Waals surface area contributed by atoms with Gasteiger partial charge in [0.25, 0.3) is 10.1 Å². The lowest BCUT2D eigenvalue weighted by Crippen LogP contribution is -1.99. The van der Waals surface area contributed by atoms with Gasteiger partial charge in [-0.25, -0.2) is 0 Å². The second kappa shape index (κ2) is 6.38. The lowest BCUT2D eigenvalue weighted by molar-refractivity contribution is 0.479. The molecule has 4 aromatic rings. The Morgan fingerprint density at radius 3 is 2.33 bits per heavy atom. The Bertz CT molecular complexity index is 1310. The molecule has 2 N–H and O–H groups in total. The predicted molar refractivity (Wildman–Crippen MR) is 99.1 cm³/mol. The van der Waals surface area contributed by atoms with Crippen molar-refractivity contribution in [3.63, 3.8) is 0 Å². The van der Waals surface area contributed by atoms with Crippen LogP contribution in [0.3, 0.4) is 0 Å². The first-order valence-corrected chi connectivity index (χ1v) is 9.23. The van der Waals surface area contributed by atoms with E-state index < -0.39 is 15.0 Å². The van der Waals surface area contributed by atoms with Crippen LogP contribution in [0.15, 0.2) is 76.0 Å². The molecule has 4 rings (SSSR count). The van der Waals surface area contributed by atoms with Gasteiger partial charge >= 0.3 is 0 Å². The maximum atomic E-state index is 11.7. The standard InChI is InChI=1S/C18H12N4O4S/c23-18-15(10-16(27(24,25)26)12-5-3-9-20-17(12)18)22-21-14-7-1-6-13-11(14)4-2-8-19-13/h1-10,23H,(H,24,25,26)/b22-21+. The third kappa shape index (κ3) is 3.09. The number of hydrogen-bond acceptors (Lipinski definition) is 7. The summed E-state index contributed by atoms with van der Waals surface area (Å²) in [6.07, 6.45) is 3.05. The molecule has 0 bridgehead atoms. The number of nitrogens with zero attached hydrogens (tertiary/aromatic N) is 4. The van der Waals surface area contributed by atoms with Gasteiger partial charge in [0.2, 0.25) is 0 Å². The fourth-order valence-electron chi connectivity index (χ4n) is 2.76. The van der Waals surface area contributed by atoms with Gasteiger partial charge in [-0.2, -0.15) is 8.42 Å². The van der Waals surface area contributed by atoms with E-state index in [4.69, 9.17) is 0 Å². The van der Waals surface area contributed by atoms with Crippen LogP contribution in [0.2, 0.25) is 0 Å². The third-order valence-corrected chi connectivity index (χ3v) is 4.87. The minimum atomic E-state index is -4.55. The third-order valence-electron chi connectivity index (χ3n) is 3.97. The maximum Gasteiger partial charge on any atom is 0.295 e. The van der Waals surface area contributed by atoms with Crippen LogP contribution in [0.4, 0.5) is 11.4 Å². The first-order valence-electron chi connectivity index (χ1n) is 7.79. The van der Waals surface area contributed by atoms with Crippen molar-refractivity contribution in [1.82, 2.24) is 9.97 Å². The molecular formula is C18H12N4O4S. The number of phenols is 1. The topological polar surface area (TPSA) is 125 Å². The Hall–Kier alpha value is -3.43. The van der Waals surface area contributed by atoms with Crippen LogP contribution in [0.5, 0.6) is 5.75 Å². The molecule has 0 aliphatic heterocycles. The molecule has 0 aliphatic rings. The van der Waals surface area contributed by atoms with E-state index in [0.29, 0.717) is 5.69 Å². The highest BCUT2D eigenvalue weighted by atomic mass is 32.2. The zero-order valence-corrected chi connectivity index (χ0v) is 14.5. The summed E-state index contributed by atoms with van der Waals surface area (Å²) in [5.41, 5.74) is 1.09. The monoisotopic (exact) mass is 380 g/mol. The molecule has 8 nitrogen and oxygen atoms in total. The van der Waals surface area contributed by atoms with Gasteiger partial charge in [-0.05, 0) is 42.5 Å². The smallest absolute Gasteiger partial charge is 0.295 e. The number of rotatable bonds is 3. The normalized spacial score (nSPS) is 12.2. The number of fused-ring (bicyclic) bond motifs is 2. The van der Waals surface area contributed by atoms with Gasteiger partial charge in [0.05, 0.1) is 11.2 Å². The fraction of sp³-hybridized carbons (Fsp3) is 0. The summed E-state index contributed by atoms with van der Waals surface area (Å²) >= 11 is 0. The molecular weight excluding hydrogens is 368 g/mol. The molecule has 0 radical (unpaired) electrons. The van der Waals surface area contributed by atoms with Crippen molar-refractivity contribution in [3.8, 4) is 5.75 Å². The Kier molecular flexibility index (Phi) is 4.02. The molecule has 9 heteroatoms. The van der Waals surface area contributed by atoms with Gasteiger partial charge in [0, 0.05) is 23.2 Å². The minimum Gasteiger partial charge on any atom is -0.504 e. The Morgan fingerprint density at radius 2 is 1.56 bits per heavy atom. The fourth-order valence-corrected chi connectivity index (χ4v) is 3.46. The van der Waals surface area contributed by atoms with E-state index >= 15 is 0 Å². The first kappa shape index (κ1) is 17.0. The Morgan fingerprint density at radius 1 is 0.852 bits per heavy atom. The summed E-state index contributed by atoms with van der Waals surface area (Å²) in [5, 5.41) is 19.4. The van der Waals surface area contributed by atoms with Crippen LogP contribution >= 0.6 is 0 Å². The predicted octanol–water partition coefficient (Wildman–Crippen LogP) is 4.15. The van der Waals surface area contributed by atoms with Crippen molar-refractivity contribution in [1.29, 1.82) is 0 Å². The quantitative estimate of drug-likeness (QED) is 0.406. The molecule has 2 aromatic carbocycles. The number of phenolic OH excluding ortho intramolecular Hbond substituents is 1. The number of hydrogen-bond donors (Lipinski definition) is 2. The zero-order valence-electron chi connectivity index (χ0n) is 13.7. The lowest BCUT2D eigenvalue weighted by atomic mass is 10.2. The van der Waals surface area contributed by atoms with Crippen LogP contribution in [0.1, 0.15) is 0 Å². The average Bonchev–Trinajstić information content (AvgIpc) is 2.66. The summed E-state index contributed by atoms with van der Waals surface area (Å²) in [6.45, 7) is 0. The number of benzene rings is 2. The molecule has 134 valence electrons. The molecule has 0 atom stereocenters. The van der Waals surface area contributed by atoms with E-state index in [0.717, 1.165) is 17.0 Å². The first-order chi connectivity index (χ1) is 12.9. The summed E-state index contributed by atoms with van der Waals surface area (Å²) < 4.78 is 33.0. The van der Waals surface area contributed by atoms with Gasteiger partial charge < -0.3 is 5.11 Å². The van der Waals surface area contributed by atoms with Crippen molar-refractivity contribution in [2.75, 3.05) is 0 Å². The van der Waals surface area contributed by atoms with Crippen molar-refractivity contribution >= 4 is 43.3 Å². The molecule has 0 aliphatic carbocycles. The molecule has 0 fully saturated rings. The van der Waals surface area contributed by atoms with Crippen LogP contribution in [0, 0.1) is 0 Å². The van der Waals surface area contributed by atoms with E-state index in [1.54, 1.807) is 24.4 Å². The summed E-state index contributed by atoms with van der Waals surface area (Å²) in [4.78, 5) is 7.81. The highest BCUT2D eigenvalue weighted by molar-refractivity contribution is 7.86. The van der Waals surface area contributed by atoms with E-state index in [1.807, 2.05) is 12.1 Å². The highest BCUT2D eigenvalue weighted by Crippen LogP contribution is 2.38. The molecule has 0 saturated heterocycles. The van der Waals surface area contributed by atoms with Gasteiger partial charge in [-0.3, -0.25) is 14.5 Å². The molecule has 27 heavy (non-hydrogen) atoms. The van der Waals surface area contributed by atoms with Crippen molar-refractivity contribution in [2.45, 2.75) is 4.90 Å². The average molecular weight is 380 g/mol. The second-order valence-electron chi connectivity index (χ2n) is 5.66. The van der Waals surface area contributed by atoms with Crippen molar-refractivity contribution in [3.05, 3.63) is 60.9 Å². The molecule has 0 amide bonds. The van der Waals surface area contributed by atoms with Crippen LogP contribution in [-0.2, 0) is 10.1 Å². The number of aromatic hydroxyl groups is 1. The minimum absolute atomic E-state index is 0.00108. The van der Waals surface area contributed by atoms with E-state index in [1.165, 1.54) is 18.3 Å². The number of azo groups is 1. The number of aromatic nitrogens is 2. The molecule has 0 spiro atoms. The largest absolute Gasteiger partial charge is 0.504 e. The van der Waals surface area contributed by atoms with Gasteiger partial charge in [0.1, 0.15) is 16.1 Å². The Labute approximate surface area is 153 Å². The van der Waals surface area contributed by atoms with E-state index in [9.17, 15) is 18.1 Å². The van der Waals surface area contributed by atoms with Crippen LogP contribution in [0.25, 0.3) is 21.8 Å². The van der Waals surface area contributed by atoms with Gasteiger partial charge in [0.15, 0.2) is 5.75 Å². The van der Waals surface area contributed by atoms with E-state index in [-0.39, 0.29) is 22.3 Å².